The summed E-state index contributed by atoms with van der Waals surface area (Å²) in [7, 11) is 1.65. The first-order chi connectivity index (χ1) is 14.2. The Morgan fingerprint density at radius 2 is 1.86 bits per heavy atom. The Labute approximate surface area is 180 Å². The van der Waals surface area contributed by atoms with Crippen LogP contribution in [0.25, 0.3) is 0 Å². The van der Waals surface area contributed by atoms with Crippen LogP contribution in [0.1, 0.15) is 56.9 Å². The molecular formula is C23H36ClN3O2. The van der Waals surface area contributed by atoms with Crippen LogP contribution in [0.4, 0.5) is 0 Å². The van der Waals surface area contributed by atoms with Gasteiger partial charge in [0.2, 0.25) is 5.91 Å². The number of carbonyl (C=O) groups is 1. The van der Waals surface area contributed by atoms with Crippen LogP contribution in [0.2, 0.25) is 5.02 Å². The molecule has 0 radical (unpaired) electrons. The summed E-state index contributed by atoms with van der Waals surface area (Å²) in [5.74, 6) is 0.0936. The van der Waals surface area contributed by atoms with Gasteiger partial charge < -0.3 is 15.4 Å². The molecule has 1 aliphatic heterocycles. The summed E-state index contributed by atoms with van der Waals surface area (Å²) in [6, 6.07) is 8.73. The van der Waals surface area contributed by atoms with Gasteiger partial charge in [-0.05, 0) is 30.9 Å². The Kier molecular flexibility index (Phi) is 9.25. The van der Waals surface area contributed by atoms with E-state index in [1.165, 1.54) is 44.9 Å². The maximum atomic E-state index is 12.9. The van der Waals surface area contributed by atoms with Crippen LogP contribution in [-0.4, -0.2) is 55.7 Å². The standard InChI is InChI=1S/C23H36ClN3O2/c1-29-14-13-25-23(28)22-15-20(26-19-10-5-3-2-4-6-11-19)17-27(22)16-18-9-7-8-12-21(18)24/h7-9,12,19-20,22,26H,2-6,10-11,13-17H2,1H3,(H,25,28)/t20-,22-/m0/s1. The highest BCUT2D eigenvalue weighted by molar-refractivity contribution is 6.31. The minimum Gasteiger partial charge on any atom is -0.383 e. The molecule has 0 unspecified atom stereocenters. The molecule has 2 fully saturated rings. The molecule has 1 amide bonds. The fourth-order valence-electron chi connectivity index (χ4n) is 4.67. The van der Waals surface area contributed by atoms with Gasteiger partial charge in [0.1, 0.15) is 0 Å². The Hall–Kier alpha value is -1.14. The van der Waals surface area contributed by atoms with E-state index >= 15 is 0 Å². The number of likely N-dealkylation sites (tertiary alicyclic amines) is 1. The number of carbonyl (C=O) groups excluding carboxylic acids is 1. The fourth-order valence-corrected chi connectivity index (χ4v) is 4.86. The predicted molar refractivity (Wildman–Crippen MR) is 118 cm³/mol. The first-order valence-corrected chi connectivity index (χ1v) is 11.6. The van der Waals surface area contributed by atoms with Crippen LogP contribution in [0, 0.1) is 0 Å². The molecule has 29 heavy (non-hydrogen) atoms. The van der Waals surface area contributed by atoms with Gasteiger partial charge in [-0.1, -0.05) is 61.9 Å². The van der Waals surface area contributed by atoms with Crippen molar-refractivity contribution in [2.24, 2.45) is 0 Å². The third-order valence-electron chi connectivity index (χ3n) is 6.22. The summed E-state index contributed by atoms with van der Waals surface area (Å²) in [6.45, 7) is 2.66. The lowest BCUT2D eigenvalue weighted by molar-refractivity contribution is -0.125. The maximum absolute atomic E-state index is 12.9. The zero-order valence-electron chi connectivity index (χ0n) is 17.7. The van der Waals surface area contributed by atoms with Crippen molar-refractivity contribution in [2.75, 3.05) is 26.8 Å². The first-order valence-electron chi connectivity index (χ1n) is 11.2. The van der Waals surface area contributed by atoms with Crippen LogP contribution in [0.5, 0.6) is 0 Å². The Balaban J connectivity index is 1.64. The zero-order valence-corrected chi connectivity index (χ0v) is 18.4. The van der Waals surface area contributed by atoms with E-state index in [2.05, 4.69) is 21.6 Å². The van der Waals surface area contributed by atoms with Gasteiger partial charge in [-0.2, -0.15) is 0 Å². The van der Waals surface area contributed by atoms with Crippen molar-refractivity contribution < 1.29 is 9.53 Å². The minimum atomic E-state index is -0.130. The lowest BCUT2D eigenvalue weighted by Gasteiger charge is -2.25. The highest BCUT2D eigenvalue weighted by Gasteiger charge is 2.37. The highest BCUT2D eigenvalue weighted by atomic mass is 35.5. The van der Waals surface area contributed by atoms with E-state index in [4.69, 9.17) is 16.3 Å². The van der Waals surface area contributed by atoms with E-state index in [0.29, 0.717) is 31.8 Å². The van der Waals surface area contributed by atoms with Gasteiger partial charge in [-0.15, -0.1) is 0 Å². The second-order valence-electron chi connectivity index (χ2n) is 8.46. The fraction of sp³-hybridized carbons (Fsp3) is 0.696. The average Bonchev–Trinajstić information content (AvgIpc) is 3.08. The molecule has 2 N–H and O–H groups in total. The summed E-state index contributed by atoms with van der Waals surface area (Å²) >= 11 is 6.40. The van der Waals surface area contributed by atoms with Crippen LogP contribution in [0.3, 0.4) is 0 Å². The van der Waals surface area contributed by atoms with Crippen molar-refractivity contribution >= 4 is 17.5 Å². The smallest absolute Gasteiger partial charge is 0.237 e. The van der Waals surface area contributed by atoms with Gasteiger partial charge in [0.15, 0.2) is 0 Å². The van der Waals surface area contributed by atoms with Crippen molar-refractivity contribution in [3.8, 4) is 0 Å². The van der Waals surface area contributed by atoms with E-state index in [-0.39, 0.29) is 11.9 Å². The number of hydrogen-bond acceptors (Lipinski definition) is 4. The second kappa shape index (κ2) is 11.9. The molecule has 1 saturated carbocycles. The number of hydrogen-bond donors (Lipinski definition) is 2. The van der Waals surface area contributed by atoms with E-state index in [1.807, 2.05) is 18.2 Å². The van der Waals surface area contributed by atoms with Gasteiger partial charge in [0.25, 0.3) is 0 Å². The normalized spacial score (nSPS) is 24.2. The van der Waals surface area contributed by atoms with Crippen LogP contribution in [-0.2, 0) is 16.1 Å². The molecule has 1 aromatic carbocycles. The molecule has 0 spiro atoms. The molecule has 0 bridgehead atoms. The second-order valence-corrected chi connectivity index (χ2v) is 8.87. The van der Waals surface area contributed by atoms with Crippen LogP contribution in [0.15, 0.2) is 24.3 Å². The van der Waals surface area contributed by atoms with Crippen molar-refractivity contribution in [3.05, 3.63) is 34.9 Å². The summed E-state index contributed by atoms with van der Waals surface area (Å²) in [6.07, 6.45) is 10.1. The quantitative estimate of drug-likeness (QED) is 0.627. The average molecular weight is 422 g/mol. The van der Waals surface area contributed by atoms with Crippen LogP contribution >= 0.6 is 11.6 Å². The molecule has 2 aliphatic rings. The number of rotatable bonds is 8. The topological polar surface area (TPSA) is 53.6 Å². The largest absolute Gasteiger partial charge is 0.383 e. The molecule has 162 valence electrons. The Morgan fingerprint density at radius 1 is 1.14 bits per heavy atom. The number of amides is 1. The van der Waals surface area contributed by atoms with Gasteiger partial charge in [-0.25, -0.2) is 0 Å². The number of methoxy groups -OCH3 is 1. The van der Waals surface area contributed by atoms with Crippen molar-refractivity contribution in [3.63, 3.8) is 0 Å². The third-order valence-corrected chi connectivity index (χ3v) is 6.59. The monoisotopic (exact) mass is 421 g/mol. The number of nitrogens with one attached hydrogen (secondary N) is 2. The van der Waals surface area contributed by atoms with Gasteiger partial charge >= 0.3 is 0 Å². The molecule has 1 heterocycles. The highest BCUT2D eigenvalue weighted by Crippen LogP contribution is 2.26. The van der Waals surface area contributed by atoms with Gasteiger partial charge in [0, 0.05) is 43.9 Å². The zero-order chi connectivity index (χ0) is 20.5. The molecule has 1 aliphatic carbocycles. The SMILES string of the molecule is COCCNC(=O)[C@@H]1C[C@H](NC2CCCCCCC2)CN1Cc1ccccc1Cl. The number of nitrogens with zero attached hydrogens (tertiary/aromatic N) is 1. The lowest BCUT2D eigenvalue weighted by Crippen LogP contribution is -2.43. The number of ether oxygens (including phenoxy) is 1. The molecule has 5 nitrogen and oxygen atoms in total. The molecule has 2 atom stereocenters. The van der Waals surface area contributed by atoms with Crippen molar-refractivity contribution in [1.82, 2.24) is 15.5 Å². The van der Waals surface area contributed by atoms with Crippen molar-refractivity contribution in [1.29, 1.82) is 0 Å². The molecule has 3 rings (SSSR count). The summed E-state index contributed by atoms with van der Waals surface area (Å²) in [4.78, 5) is 15.2. The molecule has 0 aromatic heterocycles. The molecule has 6 heteroatoms. The Bertz CT molecular complexity index is 634. The molecule has 1 aromatic rings. The summed E-state index contributed by atoms with van der Waals surface area (Å²) in [5, 5.41) is 7.69. The molecular weight excluding hydrogens is 386 g/mol. The lowest BCUT2D eigenvalue weighted by atomic mass is 9.96. The maximum Gasteiger partial charge on any atom is 0.237 e. The van der Waals surface area contributed by atoms with Gasteiger partial charge in [-0.3, -0.25) is 9.69 Å². The number of halogens is 1. The van der Waals surface area contributed by atoms with E-state index in [9.17, 15) is 4.79 Å². The van der Waals surface area contributed by atoms with E-state index in [0.717, 1.165) is 23.6 Å². The number of benzene rings is 1. The van der Waals surface area contributed by atoms with Crippen molar-refractivity contribution in [2.45, 2.75) is 76.0 Å². The van der Waals surface area contributed by atoms with Crippen LogP contribution < -0.4 is 10.6 Å². The summed E-state index contributed by atoms with van der Waals surface area (Å²) < 4.78 is 5.08. The Morgan fingerprint density at radius 3 is 2.59 bits per heavy atom. The van der Waals surface area contributed by atoms with E-state index in [1.54, 1.807) is 7.11 Å². The minimum absolute atomic E-state index is 0.0936. The van der Waals surface area contributed by atoms with E-state index < -0.39 is 0 Å². The predicted octanol–water partition coefficient (Wildman–Crippen LogP) is 3.75. The van der Waals surface area contributed by atoms with Gasteiger partial charge in [0.05, 0.1) is 12.6 Å². The third kappa shape index (κ3) is 6.95. The summed E-state index contributed by atoms with van der Waals surface area (Å²) in [5.41, 5.74) is 1.08. The molecule has 1 saturated heterocycles. The first kappa shape index (κ1) is 22.5.